The van der Waals surface area contributed by atoms with E-state index in [1.54, 1.807) is 0 Å². The molecule has 0 aliphatic carbocycles. The molecule has 1 saturated heterocycles. The van der Waals surface area contributed by atoms with Crippen molar-refractivity contribution in [3.8, 4) is 0 Å². The maximum atomic E-state index is 12.6. The number of hydrogen-bond donors (Lipinski definition) is 2. The molecule has 2 aromatic carbocycles. The van der Waals surface area contributed by atoms with Gasteiger partial charge in [-0.25, -0.2) is 0 Å². The normalized spacial score (nSPS) is 17.6. The molecule has 4 nitrogen and oxygen atoms in total. The number of hydrogen-bond acceptors (Lipinski definition) is 3. The minimum atomic E-state index is -0.275. The van der Waals surface area contributed by atoms with Gasteiger partial charge in [0.2, 0.25) is 5.91 Å². The summed E-state index contributed by atoms with van der Waals surface area (Å²) in [6.45, 7) is 1.00. The number of rotatable bonds is 5. The Morgan fingerprint density at radius 1 is 1.15 bits per heavy atom. The Kier molecular flexibility index (Phi) is 5.96. The van der Waals surface area contributed by atoms with E-state index in [0.717, 1.165) is 41.7 Å². The molecule has 1 fully saturated rings. The molecule has 5 heteroatoms. The minimum absolute atomic E-state index is 0. The Bertz CT molecular complexity index is 824. The van der Waals surface area contributed by atoms with Crippen molar-refractivity contribution in [2.24, 2.45) is 0 Å². The Morgan fingerprint density at radius 3 is 2.65 bits per heavy atom. The van der Waals surface area contributed by atoms with Crippen molar-refractivity contribution in [2.75, 3.05) is 6.54 Å². The number of carbonyl (C=O) groups is 1. The second kappa shape index (κ2) is 8.39. The number of nitrogens with one attached hydrogen (secondary N) is 2. The number of fused-ring (bicyclic) bond motifs is 1. The summed E-state index contributed by atoms with van der Waals surface area (Å²) < 4.78 is 6.03. The molecule has 1 amide bonds. The van der Waals surface area contributed by atoms with Gasteiger partial charge >= 0.3 is 0 Å². The molecule has 1 aliphatic heterocycles. The largest absolute Gasteiger partial charge is 0.459 e. The summed E-state index contributed by atoms with van der Waals surface area (Å²) in [5.74, 6) is 0.814. The van der Waals surface area contributed by atoms with Gasteiger partial charge in [-0.05, 0) is 37.1 Å². The lowest BCUT2D eigenvalue weighted by Gasteiger charge is -2.18. The zero-order valence-corrected chi connectivity index (χ0v) is 15.3. The summed E-state index contributed by atoms with van der Waals surface area (Å²) >= 11 is 0. The fourth-order valence-electron chi connectivity index (χ4n) is 3.48. The quantitative estimate of drug-likeness (QED) is 0.707. The van der Waals surface area contributed by atoms with Gasteiger partial charge in [-0.15, -0.1) is 12.4 Å². The van der Waals surface area contributed by atoms with Crippen LogP contribution in [0, 0.1) is 0 Å². The first kappa shape index (κ1) is 18.5. The first-order valence-electron chi connectivity index (χ1n) is 8.86. The van der Waals surface area contributed by atoms with E-state index < -0.39 is 0 Å². The van der Waals surface area contributed by atoms with Crippen LogP contribution in [0.2, 0.25) is 0 Å². The highest BCUT2D eigenvalue weighted by Crippen LogP contribution is 2.28. The monoisotopic (exact) mass is 370 g/mol. The van der Waals surface area contributed by atoms with Crippen LogP contribution in [0.3, 0.4) is 0 Å². The molecule has 2 N–H and O–H groups in total. The van der Waals surface area contributed by atoms with Gasteiger partial charge in [0, 0.05) is 17.8 Å². The van der Waals surface area contributed by atoms with Crippen LogP contribution in [0.1, 0.15) is 36.6 Å². The summed E-state index contributed by atoms with van der Waals surface area (Å²) in [6.07, 6.45) is 2.71. The van der Waals surface area contributed by atoms with E-state index in [1.165, 1.54) is 0 Å². The number of furan rings is 1. The Balaban J connectivity index is 0.00000196. The molecular weight excluding hydrogens is 348 g/mol. The lowest BCUT2D eigenvalue weighted by atomic mass is 10.0. The third kappa shape index (κ3) is 4.09. The Hall–Kier alpha value is -2.30. The second-order valence-electron chi connectivity index (χ2n) is 6.60. The van der Waals surface area contributed by atoms with E-state index in [-0.39, 0.29) is 30.4 Å². The van der Waals surface area contributed by atoms with Gasteiger partial charge < -0.3 is 15.1 Å². The van der Waals surface area contributed by atoms with Crippen molar-refractivity contribution in [1.82, 2.24) is 10.6 Å². The third-order valence-electron chi connectivity index (χ3n) is 4.76. The molecular formula is C21H23ClN2O2. The molecule has 0 saturated carbocycles. The number of benzene rings is 2. The number of carbonyl (C=O) groups excluding carboxylic acids is 1. The van der Waals surface area contributed by atoms with Crippen LogP contribution in [0.15, 0.2) is 65.1 Å². The van der Waals surface area contributed by atoms with E-state index in [2.05, 4.69) is 10.6 Å². The highest BCUT2D eigenvalue weighted by molar-refractivity contribution is 5.85. The molecule has 26 heavy (non-hydrogen) atoms. The van der Waals surface area contributed by atoms with Gasteiger partial charge in [-0.1, -0.05) is 48.5 Å². The first-order valence-corrected chi connectivity index (χ1v) is 8.86. The zero-order chi connectivity index (χ0) is 17.1. The summed E-state index contributed by atoms with van der Waals surface area (Å²) in [4.78, 5) is 12.6. The minimum Gasteiger partial charge on any atom is -0.459 e. The molecule has 1 aromatic heterocycles. The lowest BCUT2D eigenvalue weighted by molar-refractivity contribution is -0.122. The molecule has 1 aliphatic rings. The van der Waals surface area contributed by atoms with Crippen LogP contribution in [-0.2, 0) is 4.79 Å². The second-order valence-corrected chi connectivity index (χ2v) is 6.60. The standard InChI is InChI=1S/C21H22N2O2.ClH/c24-20(14-17-10-6-12-22-17)23-21(15-7-2-1-3-8-15)19-13-16-9-4-5-11-18(16)25-19;/h1-5,7-9,11,13,17,21-22H,6,10,12,14H2,(H,23,24);1H. The van der Waals surface area contributed by atoms with E-state index in [1.807, 2.05) is 60.7 Å². The van der Waals surface area contributed by atoms with Crippen molar-refractivity contribution >= 4 is 29.3 Å². The average Bonchev–Trinajstić information content (AvgIpc) is 3.29. The predicted octanol–water partition coefficient (Wildman–Crippen LogP) is 4.20. The molecule has 136 valence electrons. The van der Waals surface area contributed by atoms with E-state index in [4.69, 9.17) is 4.42 Å². The summed E-state index contributed by atoms with van der Waals surface area (Å²) in [5, 5.41) is 7.59. The van der Waals surface area contributed by atoms with Crippen LogP contribution < -0.4 is 10.6 Å². The van der Waals surface area contributed by atoms with Crippen LogP contribution in [-0.4, -0.2) is 18.5 Å². The van der Waals surface area contributed by atoms with E-state index in [9.17, 15) is 4.79 Å². The van der Waals surface area contributed by atoms with E-state index in [0.29, 0.717) is 6.42 Å². The highest BCUT2D eigenvalue weighted by Gasteiger charge is 2.23. The molecule has 2 atom stereocenters. The van der Waals surface area contributed by atoms with Crippen LogP contribution in [0.5, 0.6) is 0 Å². The molecule has 4 rings (SSSR count). The smallest absolute Gasteiger partial charge is 0.222 e. The predicted molar refractivity (Wildman–Crippen MR) is 106 cm³/mol. The summed E-state index contributed by atoms with van der Waals surface area (Å²) in [7, 11) is 0. The molecule has 2 unspecified atom stereocenters. The zero-order valence-electron chi connectivity index (χ0n) is 14.5. The molecule has 2 heterocycles. The Labute approximate surface area is 159 Å². The summed E-state index contributed by atoms with van der Waals surface area (Å²) in [6, 6.07) is 19.9. The molecule has 0 bridgehead atoms. The SMILES string of the molecule is Cl.O=C(CC1CCCN1)NC(c1ccccc1)c1cc2ccccc2o1. The molecule has 0 spiro atoms. The fourth-order valence-corrected chi connectivity index (χ4v) is 3.48. The van der Waals surface area contributed by atoms with Crippen molar-refractivity contribution in [3.05, 3.63) is 72.0 Å². The average molecular weight is 371 g/mol. The third-order valence-corrected chi connectivity index (χ3v) is 4.76. The van der Waals surface area contributed by atoms with Gasteiger partial charge in [0.05, 0.1) is 0 Å². The first-order chi connectivity index (χ1) is 12.3. The van der Waals surface area contributed by atoms with E-state index >= 15 is 0 Å². The van der Waals surface area contributed by atoms with Gasteiger partial charge in [0.1, 0.15) is 17.4 Å². The summed E-state index contributed by atoms with van der Waals surface area (Å²) in [5.41, 5.74) is 1.86. The number of amides is 1. The topological polar surface area (TPSA) is 54.3 Å². The van der Waals surface area contributed by atoms with Crippen molar-refractivity contribution in [1.29, 1.82) is 0 Å². The van der Waals surface area contributed by atoms with Gasteiger partial charge in [-0.2, -0.15) is 0 Å². The molecule has 3 aromatic rings. The Morgan fingerprint density at radius 2 is 1.92 bits per heavy atom. The fraction of sp³-hybridized carbons (Fsp3) is 0.286. The van der Waals surface area contributed by atoms with Gasteiger partial charge in [0.25, 0.3) is 0 Å². The van der Waals surface area contributed by atoms with Crippen LogP contribution in [0.4, 0.5) is 0 Å². The van der Waals surface area contributed by atoms with Crippen molar-refractivity contribution in [3.63, 3.8) is 0 Å². The van der Waals surface area contributed by atoms with Crippen LogP contribution >= 0.6 is 12.4 Å². The van der Waals surface area contributed by atoms with Gasteiger partial charge in [-0.3, -0.25) is 4.79 Å². The van der Waals surface area contributed by atoms with Crippen molar-refractivity contribution < 1.29 is 9.21 Å². The maximum Gasteiger partial charge on any atom is 0.222 e. The number of halogens is 1. The lowest BCUT2D eigenvalue weighted by Crippen LogP contribution is -2.34. The highest BCUT2D eigenvalue weighted by atomic mass is 35.5. The molecule has 0 radical (unpaired) electrons. The maximum absolute atomic E-state index is 12.6. The van der Waals surface area contributed by atoms with Gasteiger partial charge in [0.15, 0.2) is 0 Å². The van der Waals surface area contributed by atoms with Crippen LogP contribution in [0.25, 0.3) is 11.0 Å². The number of para-hydroxylation sites is 1. The van der Waals surface area contributed by atoms with Crippen molar-refractivity contribution in [2.45, 2.75) is 31.3 Å².